The van der Waals surface area contributed by atoms with Crippen LogP contribution in [-0.2, 0) is 4.74 Å². The number of carbonyl (C=O) groups excluding carboxylic acids is 1. The van der Waals surface area contributed by atoms with Gasteiger partial charge in [-0.2, -0.15) is 0 Å². The van der Waals surface area contributed by atoms with Crippen LogP contribution < -0.4 is 10.6 Å². The van der Waals surface area contributed by atoms with E-state index in [4.69, 9.17) is 4.74 Å². The minimum absolute atomic E-state index is 0.0808. The summed E-state index contributed by atoms with van der Waals surface area (Å²) in [6.07, 6.45) is 0.274. The van der Waals surface area contributed by atoms with Gasteiger partial charge in [0.15, 0.2) is 0 Å². The first-order chi connectivity index (χ1) is 11.8. The van der Waals surface area contributed by atoms with Crippen molar-refractivity contribution in [2.75, 3.05) is 10.6 Å². The van der Waals surface area contributed by atoms with E-state index in [9.17, 15) is 9.90 Å². The summed E-state index contributed by atoms with van der Waals surface area (Å²) in [6, 6.07) is 14.6. The van der Waals surface area contributed by atoms with Crippen molar-refractivity contribution in [3.63, 3.8) is 0 Å². The molecule has 0 aromatic heterocycles. The Morgan fingerprint density at radius 2 is 1.68 bits per heavy atom. The number of phenols is 1. The summed E-state index contributed by atoms with van der Waals surface area (Å²) >= 11 is 0. The molecule has 3 N–H and O–H groups in total. The fraction of sp³-hybridized carbons (Fsp3) is 0.350. The normalized spacial score (nSPS) is 12.3. The number of anilines is 2. The van der Waals surface area contributed by atoms with E-state index in [-0.39, 0.29) is 11.8 Å². The standard InChI is InChI=1S/C20H26N2O3/c1-5-15(14-10-6-9-13-18(14)23)21-16-11-7-8-12-17(16)22-19(24)25-20(2,3)4/h6-13,15,21,23H,5H2,1-4H3,(H,22,24). The van der Waals surface area contributed by atoms with Crippen molar-refractivity contribution in [2.24, 2.45) is 0 Å². The van der Waals surface area contributed by atoms with Crippen molar-refractivity contribution >= 4 is 17.5 Å². The van der Waals surface area contributed by atoms with E-state index >= 15 is 0 Å². The molecule has 5 heteroatoms. The van der Waals surface area contributed by atoms with Crippen LogP contribution in [0.4, 0.5) is 16.2 Å². The molecule has 25 heavy (non-hydrogen) atoms. The van der Waals surface area contributed by atoms with Gasteiger partial charge in [0.2, 0.25) is 0 Å². The molecule has 1 unspecified atom stereocenters. The number of phenolic OH excluding ortho intramolecular Hbond substituents is 1. The lowest BCUT2D eigenvalue weighted by atomic mass is 10.0. The average molecular weight is 342 g/mol. The topological polar surface area (TPSA) is 70.6 Å². The number of amides is 1. The highest BCUT2D eigenvalue weighted by molar-refractivity contribution is 5.89. The highest BCUT2D eigenvalue weighted by atomic mass is 16.6. The molecule has 0 bridgehead atoms. The fourth-order valence-corrected chi connectivity index (χ4v) is 2.50. The lowest BCUT2D eigenvalue weighted by molar-refractivity contribution is 0.0636. The Morgan fingerprint density at radius 1 is 1.08 bits per heavy atom. The maximum absolute atomic E-state index is 12.1. The van der Waals surface area contributed by atoms with Crippen LogP contribution in [0.15, 0.2) is 48.5 Å². The molecule has 2 aromatic rings. The van der Waals surface area contributed by atoms with Crippen LogP contribution in [0, 0.1) is 0 Å². The molecule has 1 atom stereocenters. The summed E-state index contributed by atoms with van der Waals surface area (Å²) in [4.78, 5) is 12.1. The zero-order valence-corrected chi connectivity index (χ0v) is 15.2. The molecule has 2 rings (SSSR count). The predicted molar refractivity (Wildman–Crippen MR) is 101 cm³/mol. The second-order valence-electron chi connectivity index (χ2n) is 6.84. The highest BCUT2D eigenvalue weighted by Gasteiger charge is 2.18. The molecule has 0 heterocycles. The summed E-state index contributed by atoms with van der Waals surface area (Å²) in [6.45, 7) is 7.50. The molecule has 0 fully saturated rings. The molecule has 2 aromatic carbocycles. The Balaban J connectivity index is 2.19. The van der Waals surface area contributed by atoms with E-state index in [1.54, 1.807) is 12.1 Å². The Kier molecular flexibility index (Phi) is 5.91. The lowest BCUT2D eigenvalue weighted by Gasteiger charge is -2.23. The number of ether oxygens (including phenoxy) is 1. The van der Waals surface area contributed by atoms with Gasteiger partial charge < -0.3 is 15.2 Å². The maximum Gasteiger partial charge on any atom is 0.412 e. The smallest absolute Gasteiger partial charge is 0.412 e. The van der Waals surface area contributed by atoms with Crippen LogP contribution in [0.25, 0.3) is 0 Å². The van der Waals surface area contributed by atoms with E-state index in [1.807, 2.05) is 64.1 Å². The average Bonchev–Trinajstić information content (AvgIpc) is 2.53. The Labute approximate surface area is 149 Å². The minimum atomic E-state index is -0.561. The number of aromatic hydroxyl groups is 1. The Hall–Kier alpha value is -2.69. The van der Waals surface area contributed by atoms with Crippen LogP contribution in [0.3, 0.4) is 0 Å². The second-order valence-corrected chi connectivity index (χ2v) is 6.84. The molecule has 0 radical (unpaired) electrons. The number of rotatable bonds is 5. The third-order valence-electron chi connectivity index (χ3n) is 3.61. The van der Waals surface area contributed by atoms with Gasteiger partial charge in [-0.3, -0.25) is 5.32 Å². The molecule has 0 saturated heterocycles. The molecule has 0 spiro atoms. The maximum atomic E-state index is 12.1. The quantitative estimate of drug-likeness (QED) is 0.689. The van der Waals surface area contributed by atoms with Crippen molar-refractivity contribution in [1.82, 2.24) is 0 Å². The Bertz CT molecular complexity index is 723. The van der Waals surface area contributed by atoms with Crippen molar-refractivity contribution in [3.05, 3.63) is 54.1 Å². The number of hydrogen-bond acceptors (Lipinski definition) is 4. The summed E-state index contributed by atoms with van der Waals surface area (Å²) in [5.74, 6) is 0.249. The molecule has 5 nitrogen and oxygen atoms in total. The first-order valence-electron chi connectivity index (χ1n) is 8.43. The van der Waals surface area contributed by atoms with Crippen LogP contribution in [0.1, 0.15) is 45.7 Å². The van der Waals surface area contributed by atoms with Gasteiger partial charge in [0.1, 0.15) is 11.4 Å². The van der Waals surface area contributed by atoms with Gasteiger partial charge in [-0.25, -0.2) is 4.79 Å². The van der Waals surface area contributed by atoms with E-state index in [1.165, 1.54) is 0 Å². The van der Waals surface area contributed by atoms with Gasteiger partial charge in [-0.15, -0.1) is 0 Å². The van der Waals surface area contributed by atoms with Gasteiger partial charge in [0, 0.05) is 5.56 Å². The molecule has 1 amide bonds. The van der Waals surface area contributed by atoms with Gasteiger partial charge in [0.25, 0.3) is 0 Å². The molecule has 0 aliphatic carbocycles. The number of nitrogens with one attached hydrogen (secondary N) is 2. The number of benzene rings is 2. The predicted octanol–water partition coefficient (Wildman–Crippen LogP) is 5.30. The largest absolute Gasteiger partial charge is 0.508 e. The van der Waals surface area contributed by atoms with Crippen molar-refractivity contribution in [2.45, 2.75) is 45.8 Å². The first-order valence-corrected chi connectivity index (χ1v) is 8.43. The third-order valence-corrected chi connectivity index (χ3v) is 3.61. The molecule has 134 valence electrons. The zero-order chi connectivity index (χ0) is 18.4. The monoisotopic (exact) mass is 342 g/mol. The summed E-state index contributed by atoms with van der Waals surface area (Å²) in [5.41, 5.74) is 1.65. The molecular formula is C20H26N2O3. The van der Waals surface area contributed by atoms with E-state index in [0.717, 1.165) is 17.7 Å². The Morgan fingerprint density at radius 3 is 2.28 bits per heavy atom. The van der Waals surface area contributed by atoms with Crippen LogP contribution >= 0.6 is 0 Å². The molecule has 0 saturated carbocycles. The van der Waals surface area contributed by atoms with Crippen LogP contribution in [0.5, 0.6) is 5.75 Å². The molecule has 0 aliphatic rings. The summed E-state index contributed by atoms with van der Waals surface area (Å²) in [5, 5.41) is 16.3. The fourth-order valence-electron chi connectivity index (χ4n) is 2.50. The van der Waals surface area contributed by atoms with Gasteiger partial charge in [-0.1, -0.05) is 37.3 Å². The van der Waals surface area contributed by atoms with Gasteiger partial charge in [-0.05, 0) is 45.4 Å². The van der Waals surface area contributed by atoms with Crippen molar-refractivity contribution in [1.29, 1.82) is 0 Å². The molecule has 0 aliphatic heterocycles. The highest BCUT2D eigenvalue weighted by Crippen LogP contribution is 2.32. The second kappa shape index (κ2) is 7.92. The number of hydrogen-bond donors (Lipinski definition) is 3. The van der Waals surface area contributed by atoms with Crippen molar-refractivity contribution < 1.29 is 14.6 Å². The zero-order valence-electron chi connectivity index (χ0n) is 15.2. The number of carbonyl (C=O) groups is 1. The van der Waals surface area contributed by atoms with Crippen LogP contribution in [0.2, 0.25) is 0 Å². The minimum Gasteiger partial charge on any atom is -0.508 e. The van der Waals surface area contributed by atoms with E-state index in [0.29, 0.717) is 5.69 Å². The number of para-hydroxylation sites is 3. The van der Waals surface area contributed by atoms with Gasteiger partial charge >= 0.3 is 6.09 Å². The third kappa shape index (κ3) is 5.41. The first kappa shape index (κ1) is 18.6. The molecular weight excluding hydrogens is 316 g/mol. The van der Waals surface area contributed by atoms with Gasteiger partial charge in [0.05, 0.1) is 17.4 Å². The SMILES string of the molecule is CCC(Nc1ccccc1NC(=O)OC(C)(C)C)c1ccccc1O. The summed E-state index contributed by atoms with van der Waals surface area (Å²) in [7, 11) is 0. The van der Waals surface area contributed by atoms with Crippen molar-refractivity contribution in [3.8, 4) is 5.75 Å². The van der Waals surface area contributed by atoms with E-state index < -0.39 is 11.7 Å². The van der Waals surface area contributed by atoms with E-state index in [2.05, 4.69) is 10.6 Å². The summed E-state index contributed by atoms with van der Waals surface area (Å²) < 4.78 is 5.31. The lowest BCUT2D eigenvalue weighted by Crippen LogP contribution is -2.27. The van der Waals surface area contributed by atoms with Crippen LogP contribution in [-0.4, -0.2) is 16.8 Å².